The summed E-state index contributed by atoms with van der Waals surface area (Å²) in [5.41, 5.74) is 6.62. The first kappa shape index (κ1) is 17.6. The van der Waals surface area contributed by atoms with Gasteiger partial charge in [-0.25, -0.2) is 8.42 Å². The van der Waals surface area contributed by atoms with Crippen molar-refractivity contribution in [3.63, 3.8) is 0 Å². The van der Waals surface area contributed by atoms with Gasteiger partial charge in [0.25, 0.3) is 0 Å². The fourth-order valence-electron chi connectivity index (χ4n) is 3.17. The van der Waals surface area contributed by atoms with Crippen LogP contribution in [0.2, 0.25) is 0 Å². The molecule has 1 amide bonds. The molecule has 1 saturated carbocycles. The van der Waals surface area contributed by atoms with E-state index in [1.54, 1.807) is 42.5 Å². The zero-order chi connectivity index (χ0) is 17.9. The summed E-state index contributed by atoms with van der Waals surface area (Å²) in [5, 5.41) is 2.85. The van der Waals surface area contributed by atoms with Gasteiger partial charge in [-0.1, -0.05) is 31.0 Å². The molecule has 1 aliphatic rings. The number of amides is 1. The van der Waals surface area contributed by atoms with E-state index in [2.05, 4.69) is 5.32 Å². The van der Waals surface area contributed by atoms with Crippen LogP contribution in [-0.2, 0) is 14.6 Å². The maximum atomic E-state index is 12.6. The number of anilines is 1. The van der Waals surface area contributed by atoms with E-state index in [1.165, 1.54) is 12.1 Å². The molecule has 0 bridgehead atoms. The SMILES string of the molecule is N[C@@H]1CCCC[C@@H]1C(=O)Nc1ccc(S(=O)(=O)c2ccccc2)cc1. The van der Waals surface area contributed by atoms with Crippen LogP contribution in [0, 0.1) is 5.92 Å². The standard InChI is InChI=1S/C19H22N2O3S/c20-18-9-5-4-8-17(18)19(22)21-14-10-12-16(13-11-14)25(23,24)15-6-2-1-3-7-15/h1-3,6-7,10-13,17-18H,4-5,8-9,20H2,(H,21,22)/t17-,18+/m0/s1. The van der Waals surface area contributed by atoms with E-state index in [-0.39, 0.29) is 27.7 Å². The second-order valence-corrected chi connectivity index (χ2v) is 8.33. The van der Waals surface area contributed by atoms with Crippen molar-refractivity contribution in [2.24, 2.45) is 11.7 Å². The van der Waals surface area contributed by atoms with Gasteiger partial charge in [-0.2, -0.15) is 0 Å². The first-order valence-electron chi connectivity index (χ1n) is 8.45. The molecule has 3 rings (SSSR count). The number of nitrogens with one attached hydrogen (secondary N) is 1. The van der Waals surface area contributed by atoms with Gasteiger partial charge in [0.15, 0.2) is 0 Å². The number of sulfone groups is 1. The summed E-state index contributed by atoms with van der Waals surface area (Å²) in [7, 11) is -3.55. The Morgan fingerprint density at radius 1 is 0.920 bits per heavy atom. The summed E-state index contributed by atoms with van der Waals surface area (Å²) in [6, 6.07) is 14.4. The maximum absolute atomic E-state index is 12.6. The number of benzene rings is 2. The normalized spacial score (nSPS) is 20.8. The highest BCUT2D eigenvalue weighted by Gasteiger charge is 2.28. The molecule has 0 radical (unpaired) electrons. The fraction of sp³-hybridized carbons (Fsp3) is 0.316. The molecule has 5 nitrogen and oxygen atoms in total. The summed E-state index contributed by atoms with van der Waals surface area (Å²) >= 11 is 0. The number of hydrogen-bond donors (Lipinski definition) is 2. The minimum atomic E-state index is -3.55. The van der Waals surface area contributed by atoms with E-state index in [0.29, 0.717) is 5.69 Å². The molecule has 0 aliphatic heterocycles. The van der Waals surface area contributed by atoms with Gasteiger partial charge in [-0.05, 0) is 49.2 Å². The van der Waals surface area contributed by atoms with Crippen molar-refractivity contribution in [1.82, 2.24) is 0 Å². The highest BCUT2D eigenvalue weighted by atomic mass is 32.2. The third-order valence-electron chi connectivity index (χ3n) is 4.64. The number of nitrogens with two attached hydrogens (primary N) is 1. The third kappa shape index (κ3) is 3.91. The summed E-state index contributed by atoms with van der Waals surface area (Å²) in [5.74, 6) is -0.271. The van der Waals surface area contributed by atoms with Crippen LogP contribution in [0.5, 0.6) is 0 Å². The molecule has 0 heterocycles. The summed E-state index contributed by atoms with van der Waals surface area (Å²) < 4.78 is 25.1. The molecule has 2 aromatic rings. The summed E-state index contributed by atoms with van der Waals surface area (Å²) in [4.78, 5) is 12.8. The average molecular weight is 358 g/mol. The van der Waals surface area contributed by atoms with Crippen LogP contribution < -0.4 is 11.1 Å². The number of rotatable bonds is 4. The second-order valence-electron chi connectivity index (χ2n) is 6.38. The summed E-state index contributed by atoms with van der Waals surface area (Å²) in [6.07, 6.45) is 3.75. The van der Waals surface area contributed by atoms with Crippen LogP contribution in [0.4, 0.5) is 5.69 Å². The molecule has 1 fully saturated rings. The van der Waals surface area contributed by atoms with Crippen molar-refractivity contribution in [2.45, 2.75) is 41.5 Å². The molecule has 2 aromatic carbocycles. The van der Waals surface area contributed by atoms with E-state index in [9.17, 15) is 13.2 Å². The number of hydrogen-bond acceptors (Lipinski definition) is 4. The molecule has 25 heavy (non-hydrogen) atoms. The highest BCUT2D eigenvalue weighted by molar-refractivity contribution is 7.91. The van der Waals surface area contributed by atoms with Crippen LogP contribution >= 0.6 is 0 Å². The molecule has 1 aliphatic carbocycles. The Morgan fingerprint density at radius 3 is 2.16 bits per heavy atom. The van der Waals surface area contributed by atoms with Crippen LogP contribution in [0.25, 0.3) is 0 Å². The van der Waals surface area contributed by atoms with E-state index in [1.807, 2.05) is 0 Å². The Hall–Kier alpha value is -2.18. The van der Waals surface area contributed by atoms with Gasteiger partial charge in [0.05, 0.1) is 15.7 Å². The van der Waals surface area contributed by atoms with Gasteiger partial charge in [0.1, 0.15) is 0 Å². The van der Waals surface area contributed by atoms with Gasteiger partial charge < -0.3 is 11.1 Å². The zero-order valence-electron chi connectivity index (χ0n) is 13.9. The second kappa shape index (κ2) is 7.37. The molecule has 6 heteroatoms. The predicted molar refractivity (Wildman–Crippen MR) is 96.9 cm³/mol. The van der Waals surface area contributed by atoms with Crippen LogP contribution in [0.15, 0.2) is 64.4 Å². The molecule has 0 unspecified atom stereocenters. The lowest BCUT2D eigenvalue weighted by molar-refractivity contribution is -0.121. The minimum absolute atomic E-state index is 0.0918. The van der Waals surface area contributed by atoms with Gasteiger partial charge in [0, 0.05) is 11.7 Å². The number of carbonyl (C=O) groups excluding carboxylic acids is 1. The van der Waals surface area contributed by atoms with E-state index in [0.717, 1.165) is 25.7 Å². The molecule has 2 atom stereocenters. The van der Waals surface area contributed by atoms with Gasteiger partial charge in [-0.3, -0.25) is 4.79 Å². The predicted octanol–water partition coefficient (Wildman–Crippen LogP) is 2.98. The molecule has 0 spiro atoms. The van der Waals surface area contributed by atoms with Crippen LogP contribution in [0.3, 0.4) is 0 Å². The molecular weight excluding hydrogens is 336 g/mol. The first-order valence-corrected chi connectivity index (χ1v) is 9.93. The zero-order valence-corrected chi connectivity index (χ0v) is 14.7. The molecule has 3 N–H and O–H groups in total. The van der Waals surface area contributed by atoms with Gasteiger partial charge >= 0.3 is 0 Å². The molecular formula is C19H22N2O3S. The quantitative estimate of drug-likeness (QED) is 0.879. The summed E-state index contributed by atoms with van der Waals surface area (Å²) in [6.45, 7) is 0. The van der Waals surface area contributed by atoms with Crippen molar-refractivity contribution in [3.8, 4) is 0 Å². The maximum Gasteiger partial charge on any atom is 0.229 e. The van der Waals surface area contributed by atoms with Crippen molar-refractivity contribution >= 4 is 21.4 Å². The first-order chi connectivity index (χ1) is 12.0. The third-order valence-corrected chi connectivity index (χ3v) is 6.43. The van der Waals surface area contributed by atoms with Crippen molar-refractivity contribution in [3.05, 3.63) is 54.6 Å². The van der Waals surface area contributed by atoms with Gasteiger partial charge in [-0.15, -0.1) is 0 Å². The minimum Gasteiger partial charge on any atom is -0.327 e. The van der Waals surface area contributed by atoms with E-state index >= 15 is 0 Å². The van der Waals surface area contributed by atoms with Gasteiger partial charge in [0.2, 0.25) is 15.7 Å². The Morgan fingerprint density at radius 2 is 1.52 bits per heavy atom. The molecule has 0 aromatic heterocycles. The van der Waals surface area contributed by atoms with Crippen molar-refractivity contribution < 1.29 is 13.2 Å². The Kier molecular flexibility index (Phi) is 5.20. The molecule has 132 valence electrons. The average Bonchev–Trinajstić information content (AvgIpc) is 2.63. The van der Waals surface area contributed by atoms with E-state index in [4.69, 9.17) is 5.73 Å². The van der Waals surface area contributed by atoms with Crippen molar-refractivity contribution in [1.29, 1.82) is 0 Å². The highest BCUT2D eigenvalue weighted by Crippen LogP contribution is 2.25. The Balaban J connectivity index is 1.73. The van der Waals surface area contributed by atoms with Crippen LogP contribution in [-0.4, -0.2) is 20.4 Å². The Bertz CT molecular complexity index is 833. The number of carbonyl (C=O) groups is 1. The lowest BCUT2D eigenvalue weighted by atomic mass is 9.84. The smallest absolute Gasteiger partial charge is 0.229 e. The lowest BCUT2D eigenvalue weighted by Crippen LogP contribution is -2.40. The van der Waals surface area contributed by atoms with Crippen LogP contribution in [0.1, 0.15) is 25.7 Å². The van der Waals surface area contributed by atoms with E-state index < -0.39 is 9.84 Å². The monoisotopic (exact) mass is 358 g/mol. The lowest BCUT2D eigenvalue weighted by Gasteiger charge is -2.27. The molecule has 0 saturated heterocycles. The topological polar surface area (TPSA) is 89.3 Å². The Labute approximate surface area is 148 Å². The van der Waals surface area contributed by atoms with Crippen molar-refractivity contribution in [2.75, 3.05) is 5.32 Å². The largest absolute Gasteiger partial charge is 0.327 e. The fourth-order valence-corrected chi connectivity index (χ4v) is 4.46.